The summed E-state index contributed by atoms with van der Waals surface area (Å²) < 4.78 is 18.4. The van der Waals surface area contributed by atoms with Gasteiger partial charge in [-0.15, -0.1) is 0 Å². The van der Waals surface area contributed by atoms with Crippen LogP contribution in [0.1, 0.15) is 44.9 Å². The minimum atomic E-state index is -0.557. The van der Waals surface area contributed by atoms with Crippen molar-refractivity contribution >= 4 is 21.6 Å². The highest BCUT2D eigenvalue weighted by atomic mass is 79.9. The van der Waals surface area contributed by atoms with Crippen LogP contribution in [-0.4, -0.2) is 16.9 Å². The first kappa shape index (κ1) is 17.9. The van der Waals surface area contributed by atoms with E-state index in [-0.39, 0.29) is 11.4 Å². The molecule has 0 heterocycles. The Morgan fingerprint density at radius 3 is 2.33 bits per heavy atom. The van der Waals surface area contributed by atoms with E-state index < -0.39 is 10.7 Å². The lowest BCUT2D eigenvalue weighted by Gasteiger charge is -2.07. The lowest BCUT2D eigenvalue weighted by atomic mass is 10.1. The molecule has 0 aliphatic rings. The summed E-state index contributed by atoms with van der Waals surface area (Å²) in [6.07, 6.45) is 7.89. The molecule has 0 unspecified atom stereocenters. The molecule has 1 rings (SSSR count). The number of unbranched alkanes of at least 4 members (excludes halogenated alkanes) is 6. The van der Waals surface area contributed by atoms with Crippen molar-refractivity contribution in [1.82, 2.24) is 0 Å². The molecule has 6 heteroatoms. The Morgan fingerprint density at radius 2 is 1.71 bits per heavy atom. The van der Waals surface area contributed by atoms with Gasteiger partial charge in [-0.3, -0.25) is 10.1 Å². The normalized spacial score (nSPS) is 10.6. The first-order chi connectivity index (χ1) is 10.1. The third-order valence-corrected chi connectivity index (χ3v) is 3.71. The molecule has 0 aliphatic carbocycles. The van der Waals surface area contributed by atoms with E-state index >= 15 is 0 Å². The summed E-state index contributed by atoms with van der Waals surface area (Å²) in [5.41, 5.74) is -0.189. The molecule has 0 saturated carbocycles. The zero-order valence-electron chi connectivity index (χ0n) is 12.0. The molecule has 4 nitrogen and oxygen atoms in total. The number of hydrogen-bond donors (Lipinski definition) is 0. The van der Waals surface area contributed by atoms with Crippen molar-refractivity contribution in [2.45, 2.75) is 44.9 Å². The molecule has 1 aromatic carbocycles. The highest BCUT2D eigenvalue weighted by Gasteiger charge is 2.15. The van der Waals surface area contributed by atoms with Crippen LogP contribution < -0.4 is 4.74 Å². The number of nitro benzene ring substituents is 1. The van der Waals surface area contributed by atoms with Gasteiger partial charge in [-0.1, -0.05) is 48.0 Å². The van der Waals surface area contributed by atoms with Crippen LogP contribution in [0.4, 0.5) is 10.1 Å². The fourth-order valence-electron chi connectivity index (χ4n) is 2.02. The number of ether oxygens (including phenoxy) is 1. The van der Waals surface area contributed by atoms with Crippen molar-refractivity contribution in [3.05, 3.63) is 34.1 Å². The summed E-state index contributed by atoms with van der Waals surface area (Å²) in [6.45, 7) is 0.381. The lowest BCUT2D eigenvalue weighted by Crippen LogP contribution is -2.01. The van der Waals surface area contributed by atoms with Gasteiger partial charge < -0.3 is 4.74 Å². The van der Waals surface area contributed by atoms with Crippen molar-refractivity contribution in [3.8, 4) is 5.75 Å². The van der Waals surface area contributed by atoms with Gasteiger partial charge >= 0.3 is 5.69 Å². The summed E-state index contributed by atoms with van der Waals surface area (Å²) in [5, 5.41) is 11.9. The standard InChI is InChI=1S/C15H21BrFNO3/c16-10-6-4-2-1-3-5-7-11-21-15-12-13(17)8-9-14(15)18(19)20/h8-9,12H,1-7,10-11H2. The molecule has 118 valence electrons. The Kier molecular flexibility index (Phi) is 8.98. The second-order valence-electron chi connectivity index (χ2n) is 4.88. The van der Waals surface area contributed by atoms with E-state index in [0.717, 1.165) is 42.8 Å². The van der Waals surface area contributed by atoms with Crippen LogP contribution in [0.3, 0.4) is 0 Å². The van der Waals surface area contributed by atoms with Gasteiger partial charge in [-0.05, 0) is 18.9 Å². The number of rotatable bonds is 11. The number of benzene rings is 1. The summed E-state index contributed by atoms with van der Waals surface area (Å²) in [7, 11) is 0. The maximum atomic E-state index is 13.1. The van der Waals surface area contributed by atoms with Crippen molar-refractivity contribution in [1.29, 1.82) is 0 Å². The van der Waals surface area contributed by atoms with E-state index in [2.05, 4.69) is 15.9 Å². The second kappa shape index (κ2) is 10.5. The average Bonchev–Trinajstić information content (AvgIpc) is 2.45. The SMILES string of the molecule is O=[N+]([O-])c1ccc(F)cc1OCCCCCCCCCBr. The van der Waals surface area contributed by atoms with Crippen molar-refractivity contribution in [2.24, 2.45) is 0 Å². The van der Waals surface area contributed by atoms with E-state index in [1.807, 2.05) is 0 Å². The predicted octanol–water partition coefficient (Wildman–Crippen LogP) is 5.24. The van der Waals surface area contributed by atoms with Gasteiger partial charge in [0.05, 0.1) is 11.5 Å². The van der Waals surface area contributed by atoms with E-state index in [4.69, 9.17) is 4.74 Å². The number of alkyl halides is 1. The predicted molar refractivity (Wildman–Crippen MR) is 84.7 cm³/mol. The number of halogens is 2. The zero-order valence-corrected chi connectivity index (χ0v) is 13.6. The molecule has 0 spiro atoms. The monoisotopic (exact) mass is 361 g/mol. The van der Waals surface area contributed by atoms with Gasteiger partial charge in [-0.2, -0.15) is 0 Å². The molecule has 0 aromatic heterocycles. The van der Waals surface area contributed by atoms with Crippen LogP contribution in [0.2, 0.25) is 0 Å². The fraction of sp³-hybridized carbons (Fsp3) is 0.600. The van der Waals surface area contributed by atoms with E-state index in [1.54, 1.807) is 0 Å². The minimum absolute atomic E-state index is 0.0114. The largest absolute Gasteiger partial charge is 0.487 e. The molecular weight excluding hydrogens is 341 g/mol. The van der Waals surface area contributed by atoms with Gasteiger partial charge in [-0.25, -0.2) is 4.39 Å². The van der Waals surface area contributed by atoms with E-state index in [9.17, 15) is 14.5 Å². The Morgan fingerprint density at radius 1 is 1.10 bits per heavy atom. The number of hydrogen-bond acceptors (Lipinski definition) is 3. The van der Waals surface area contributed by atoms with Crippen LogP contribution in [0.15, 0.2) is 18.2 Å². The van der Waals surface area contributed by atoms with Gasteiger partial charge in [0.2, 0.25) is 0 Å². The molecule has 1 aromatic rings. The molecule has 21 heavy (non-hydrogen) atoms. The highest BCUT2D eigenvalue weighted by Crippen LogP contribution is 2.27. The first-order valence-corrected chi connectivity index (χ1v) is 8.40. The molecule has 0 radical (unpaired) electrons. The smallest absolute Gasteiger partial charge is 0.311 e. The van der Waals surface area contributed by atoms with Crippen LogP contribution in [0.5, 0.6) is 5.75 Å². The average molecular weight is 362 g/mol. The number of nitro groups is 1. The molecule has 0 atom stereocenters. The van der Waals surface area contributed by atoms with Gasteiger partial charge in [0.1, 0.15) is 5.82 Å². The Balaban J connectivity index is 2.21. The lowest BCUT2D eigenvalue weighted by molar-refractivity contribution is -0.385. The van der Waals surface area contributed by atoms with Crippen LogP contribution in [0, 0.1) is 15.9 Å². The molecule has 0 bridgehead atoms. The van der Waals surface area contributed by atoms with Crippen molar-refractivity contribution < 1.29 is 14.1 Å². The molecule has 0 N–H and O–H groups in total. The first-order valence-electron chi connectivity index (χ1n) is 7.28. The molecule has 0 aliphatic heterocycles. The summed E-state index contributed by atoms with van der Waals surface area (Å²) in [6, 6.07) is 3.27. The summed E-state index contributed by atoms with van der Waals surface area (Å²) in [5.74, 6) is -0.514. The van der Waals surface area contributed by atoms with Crippen LogP contribution in [0.25, 0.3) is 0 Å². The zero-order chi connectivity index (χ0) is 15.5. The third-order valence-electron chi connectivity index (χ3n) is 3.15. The Hall–Kier alpha value is -1.17. The van der Waals surface area contributed by atoms with Gasteiger partial charge in [0, 0.05) is 17.5 Å². The molecule has 0 amide bonds. The van der Waals surface area contributed by atoms with E-state index in [1.165, 1.54) is 25.7 Å². The minimum Gasteiger partial charge on any atom is -0.487 e. The molecule has 0 fully saturated rings. The highest BCUT2D eigenvalue weighted by molar-refractivity contribution is 9.09. The Labute approximate surface area is 133 Å². The molecule has 0 saturated heterocycles. The topological polar surface area (TPSA) is 52.4 Å². The van der Waals surface area contributed by atoms with E-state index in [0.29, 0.717) is 6.61 Å². The maximum Gasteiger partial charge on any atom is 0.311 e. The van der Waals surface area contributed by atoms with Crippen molar-refractivity contribution in [2.75, 3.05) is 11.9 Å². The van der Waals surface area contributed by atoms with Crippen LogP contribution in [-0.2, 0) is 0 Å². The third kappa shape index (κ3) is 7.41. The van der Waals surface area contributed by atoms with Crippen LogP contribution >= 0.6 is 15.9 Å². The summed E-state index contributed by atoms with van der Waals surface area (Å²) >= 11 is 3.40. The fourth-order valence-corrected chi connectivity index (χ4v) is 2.41. The maximum absolute atomic E-state index is 13.1. The summed E-state index contributed by atoms with van der Waals surface area (Å²) in [4.78, 5) is 10.2. The van der Waals surface area contributed by atoms with Gasteiger partial charge in [0.15, 0.2) is 5.75 Å². The van der Waals surface area contributed by atoms with Gasteiger partial charge in [0.25, 0.3) is 0 Å². The quantitative estimate of drug-likeness (QED) is 0.234. The Bertz CT molecular complexity index is 443. The number of nitrogens with zero attached hydrogens (tertiary/aromatic N) is 1. The van der Waals surface area contributed by atoms with Crippen molar-refractivity contribution in [3.63, 3.8) is 0 Å². The second-order valence-corrected chi connectivity index (χ2v) is 5.67. The molecular formula is C15H21BrFNO3.